The molecule has 2 nitrogen and oxygen atoms in total. The number of phenolic OH excluding ortho intramolecular Hbond substituents is 1. The van der Waals surface area contributed by atoms with Gasteiger partial charge in [-0.15, -0.1) is 0 Å². The molecule has 2 rings (SSSR count). The lowest BCUT2D eigenvalue weighted by atomic mass is 9.96. The first-order chi connectivity index (χ1) is 7.56. The first-order valence-corrected chi connectivity index (χ1v) is 7.13. The molecule has 3 heteroatoms. The van der Waals surface area contributed by atoms with Crippen LogP contribution in [-0.4, -0.2) is 15.6 Å². The van der Waals surface area contributed by atoms with Gasteiger partial charge < -0.3 is 9.84 Å². The van der Waals surface area contributed by atoms with Crippen LogP contribution in [0.25, 0.3) is 0 Å². The fourth-order valence-corrected chi connectivity index (χ4v) is 2.99. The van der Waals surface area contributed by atoms with Gasteiger partial charge in [0, 0.05) is 16.4 Å². The molecule has 1 unspecified atom stereocenters. The maximum absolute atomic E-state index is 10.0. The third-order valence-electron chi connectivity index (χ3n) is 3.49. The van der Waals surface area contributed by atoms with Crippen LogP contribution in [0.5, 0.6) is 11.5 Å². The van der Waals surface area contributed by atoms with Crippen LogP contribution < -0.4 is 4.74 Å². The second kappa shape index (κ2) is 4.43. The Balaban J connectivity index is 2.45. The van der Waals surface area contributed by atoms with E-state index >= 15 is 0 Å². The summed E-state index contributed by atoms with van der Waals surface area (Å²) in [7, 11) is 0. The first kappa shape index (κ1) is 12.0. The molecule has 0 amide bonds. The topological polar surface area (TPSA) is 29.5 Å². The summed E-state index contributed by atoms with van der Waals surface area (Å²) in [5.41, 5.74) is 4.24. The Morgan fingerprint density at radius 2 is 1.94 bits per heavy atom. The highest BCUT2D eigenvalue weighted by Crippen LogP contribution is 2.42. The molecule has 1 atom stereocenters. The Morgan fingerprint density at radius 3 is 2.56 bits per heavy atom. The molecule has 88 valence electrons. The Labute approximate surface area is 110 Å². The average molecular weight is 332 g/mol. The van der Waals surface area contributed by atoms with Crippen molar-refractivity contribution < 1.29 is 9.84 Å². The van der Waals surface area contributed by atoms with E-state index in [2.05, 4.69) is 22.6 Å². The van der Waals surface area contributed by atoms with Gasteiger partial charge in [-0.1, -0.05) is 22.6 Å². The minimum atomic E-state index is 0.297. The van der Waals surface area contributed by atoms with Crippen molar-refractivity contribution in [3.05, 3.63) is 22.3 Å². The van der Waals surface area contributed by atoms with Crippen molar-refractivity contribution in [1.82, 2.24) is 0 Å². The van der Waals surface area contributed by atoms with E-state index in [0.717, 1.165) is 39.7 Å². The van der Waals surface area contributed by atoms with E-state index in [1.165, 1.54) is 5.56 Å². The molecule has 0 fully saturated rings. The van der Waals surface area contributed by atoms with Gasteiger partial charge in [0.15, 0.2) is 0 Å². The predicted octanol–water partition coefficient (Wildman–Crippen LogP) is 3.45. The fourth-order valence-electron chi connectivity index (χ4n) is 2.29. The summed E-state index contributed by atoms with van der Waals surface area (Å²) in [4.78, 5) is 0. The highest BCUT2D eigenvalue weighted by atomic mass is 127. The number of hydrogen-bond acceptors (Lipinski definition) is 2. The molecule has 0 saturated carbocycles. The van der Waals surface area contributed by atoms with Crippen molar-refractivity contribution in [2.24, 2.45) is 0 Å². The van der Waals surface area contributed by atoms with Gasteiger partial charge >= 0.3 is 0 Å². The molecular formula is C13H17IO2. The zero-order valence-electron chi connectivity index (χ0n) is 9.93. The van der Waals surface area contributed by atoms with Crippen LogP contribution in [-0.2, 0) is 6.42 Å². The van der Waals surface area contributed by atoms with Crippen LogP contribution in [0.3, 0.4) is 0 Å². The number of hydrogen-bond donors (Lipinski definition) is 1. The highest BCUT2D eigenvalue weighted by Gasteiger charge is 2.28. The van der Waals surface area contributed by atoms with Crippen LogP contribution in [0.15, 0.2) is 0 Å². The van der Waals surface area contributed by atoms with Crippen molar-refractivity contribution in [3.63, 3.8) is 0 Å². The molecule has 1 heterocycles. The summed E-state index contributed by atoms with van der Waals surface area (Å²) < 4.78 is 7.09. The van der Waals surface area contributed by atoms with Gasteiger partial charge in [0.1, 0.15) is 17.6 Å². The molecule has 0 saturated heterocycles. The van der Waals surface area contributed by atoms with Crippen molar-refractivity contribution in [1.29, 1.82) is 0 Å². The van der Waals surface area contributed by atoms with Crippen molar-refractivity contribution in [2.45, 2.75) is 39.7 Å². The average Bonchev–Trinajstić information content (AvgIpc) is 2.68. The van der Waals surface area contributed by atoms with Gasteiger partial charge in [0.25, 0.3) is 0 Å². The molecule has 0 bridgehead atoms. The summed E-state index contributed by atoms with van der Waals surface area (Å²) in [5, 5.41) is 10.0. The second-order valence-electron chi connectivity index (χ2n) is 4.45. The van der Waals surface area contributed by atoms with E-state index in [0.29, 0.717) is 11.9 Å². The number of benzene rings is 1. The lowest BCUT2D eigenvalue weighted by Crippen LogP contribution is -2.13. The van der Waals surface area contributed by atoms with Gasteiger partial charge in [-0.2, -0.15) is 0 Å². The molecule has 1 aromatic rings. The Kier molecular flexibility index (Phi) is 3.33. The quantitative estimate of drug-likeness (QED) is 0.664. The molecule has 1 aromatic carbocycles. The molecule has 0 spiro atoms. The third kappa shape index (κ3) is 1.79. The summed E-state index contributed by atoms with van der Waals surface area (Å²) in [6.45, 7) is 5.96. The van der Waals surface area contributed by atoms with Crippen LogP contribution >= 0.6 is 22.6 Å². The Bertz CT molecular complexity index is 390. The Hall–Kier alpha value is -0.450. The summed E-state index contributed by atoms with van der Waals surface area (Å²) in [5.74, 6) is 1.46. The first-order valence-electron chi connectivity index (χ1n) is 5.60. The van der Waals surface area contributed by atoms with Crippen LogP contribution in [0.1, 0.15) is 28.7 Å². The monoisotopic (exact) mass is 332 g/mol. The van der Waals surface area contributed by atoms with E-state index in [4.69, 9.17) is 4.74 Å². The van der Waals surface area contributed by atoms with E-state index in [-0.39, 0.29) is 0 Å². The SMILES string of the molecule is Cc1c(C)c2c(c(C)c1O)CC(CCI)O2. The molecule has 1 aliphatic rings. The number of aromatic hydroxyl groups is 1. The number of halogens is 1. The lowest BCUT2D eigenvalue weighted by molar-refractivity contribution is 0.229. The largest absolute Gasteiger partial charge is 0.507 e. The van der Waals surface area contributed by atoms with Gasteiger partial charge in [-0.3, -0.25) is 0 Å². The van der Waals surface area contributed by atoms with Gasteiger partial charge in [0.2, 0.25) is 0 Å². The molecule has 16 heavy (non-hydrogen) atoms. The smallest absolute Gasteiger partial charge is 0.126 e. The second-order valence-corrected chi connectivity index (χ2v) is 5.53. The van der Waals surface area contributed by atoms with E-state index < -0.39 is 0 Å². The lowest BCUT2D eigenvalue weighted by Gasteiger charge is -2.13. The molecule has 1 aliphatic heterocycles. The maximum atomic E-state index is 10.0. The van der Waals surface area contributed by atoms with Gasteiger partial charge in [0.05, 0.1) is 0 Å². The maximum Gasteiger partial charge on any atom is 0.126 e. The van der Waals surface area contributed by atoms with Crippen molar-refractivity contribution in [2.75, 3.05) is 4.43 Å². The number of ether oxygens (including phenoxy) is 1. The number of fused-ring (bicyclic) bond motifs is 1. The zero-order chi connectivity index (χ0) is 11.9. The molecule has 0 aliphatic carbocycles. The standard InChI is InChI=1S/C13H17IO2/c1-7-8(2)13-11(9(3)12(7)15)6-10(16-13)4-5-14/h10,15H,4-6H2,1-3H3. The van der Waals surface area contributed by atoms with Gasteiger partial charge in [-0.25, -0.2) is 0 Å². The van der Waals surface area contributed by atoms with Crippen molar-refractivity contribution in [3.8, 4) is 11.5 Å². The molecule has 0 radical (unpaired) electrons. The number of alkyl halides is 1. The Morgan fingerprint density at radius 1 is 1.25 bits per heavy atom. The molecule has 1 N–H and O–H groups in total. The number of phenols is 1. The minimum Gasteiger partial charge on any atom is -0.507 e. The number of rotatable bonds is 2. The normalized spacial score (nSPS) is 18.4. The summed E-state index contributed by atoms with van der Waals surface area (Å²) >= 11 is 2.38. The molecular weight excluding hydrogens is 315 g/mol. The summed E-state index contributed by atoms with van der Waals surface area (Å²) in [6, 6.07) is 0. The molecule has 0 aromatic heterocycles. The van der Waals surface area contributed by atoms with Crippen LogP contribution in [0.2, 0.25) is 0 Å². The third-order valence-corrected chi connectivity index (χ3v) is 4.11. The van der Waals surface area contributed by atoms with Crippen molar-refractivity contribution >= 4 is 22.6 Å². The zero-order valence-corrected chi connectivity index (χ0v) is 12.1. The van der Waals surface area contributed by atoms with E-state index in [9.17, 15) is 5.11 Å². The summed E-state index contributed by atoms with van der Waals surface area (Å²) in [6.07, 6.45) is 2.32. The highest BCUT2D eigenvalue weighted by molar-refractivity contribution is 14.1. The van der Waals surface area contributed by atoms with Crippen LogP contribution in [0.4, 0.5) is 0 Å². The fraction of sp³-hybridized carbons (Fsp3) is 0.538. The van der Waals surface area contributed by atoms with E-state index in [1.54, 1.807) is 0 Å². The van der Waals surface area contributed by atoms with Gasteiger partial charge in [-0.05, 0) is 43.9 Å². The predicted molar refractivity (Wildman–Crippen MR) is 73.9 cm³/mol. The minimum absolute atomic E-state index is 0.297. The van der Waals surface area contributed by atoms with Crippen LogP contribution in [0, 0.1) is 20.8 Å². The van der Waals surface area contributed by atoms with E-state index in [1.807, 2.05) is 20.8 Å².